The summed E-state index contributed by atoms with van der Waals surface area (Å²) < 4.78 is 39.0. The van der Waals surface area contributed by atoms with Gasteiger partial charge >= 0.3 is 11.9 Å². The smallest absolute Gasteiger partial charge is 0.258 e. The molecule has 21 heavy (non-hydrogen) atoms. The van der Waals surface area contributed by atoms with Gasteiger partial charge in [0, 0.05) is 5.02 Å². The van der Waals surface area contributed by atoms with E-state index in [1.807, 2.05) is 0 Å². The van der Waals surface area contributed by atoms with Crippen LogP contribution in [0.5, 0.6) is 0 Å². The maximum Gasteiger partial charge on any atom is 0.442 e. The fourth-order valence-electron chi connectivity index (χ4n) is 1.63. The van der Waals surface area contributed by atoms with Gasteiger partial charge in [-0.1, -0.05) is 29.3 Å². The van der Waals surface area contributed by atoms with E-state index < -0.39 is 27.6 Å². The molecule has 2 rings (SSSR count). The number of aromatic nitrogens is 2. The molecule has 0 aliphatic carbocycles. The van der Waals surface area contributed by atoms with Crippen molar-refractivity contribution < 1.29 is 18.1 Å². The predicted octanol–water partition coefficient (Wildman–Crippen LogP) is 4.41. The fourth-order valence-corrected chi connectivity index (χ4v) is 2.10. The minimum Gasteiger partial charge on any atom is -0.258 e. The van der Waals surface area contributed by atoms with Crippen LogP contribution in [0.3, 0.4) is 0 Å². The van der Waals surface area contributed by atoms with Crippen LogP contribution in [0, 0.1) is 17.0 Å². The third kappa shape index (κ3) is 2.81. The first-order chi connectivity index (χ1) is 9.62. The molecule has 0 saturated heterocycles. The molecule has 0 bridgehead atoms. The van der Waals surface area contributed by atoms with Crippen LogP contribution in [0.25, 0.3) is 5.69 Å². The number of nitro groups is 1. The maximum absolute atomic E-state index is 12.8. The second-order valence-electron chi connectivity index (χ2n) is 4.09. The van der Waals surface area contributed by atoms with Gasteiger partial charge in [-0.3, -0.25) is 10.1 Å². The summed E-state index contributed by atoms with van der Waals surface area (Å²) in [5, 5.41) is 13.5. The number of benzene rings is 1. The third-order valence-corrected chi connectivity index (χ3v) is 3.40. The first-order valence-corrected chi connectivity index (χ1v) is 6.15. The number of nitrogens with zero attached hydrogens (tertiary/aromatic N) is 3. The van der Waals surface area contributed by atoms with Crippen molar-refractivity contribution in [3.05, 3.63) is 49.7 Å². The lowest BCUT2D eigenvalue weighted by molar-refractivity contribution is -0.388. The Morgan fingerprint density at radius 1 is 1.33 bits per heavy atom. The highest BCUT2D eigenvalue weighted by Crippen LogP contribution is 2.40. The summed E-state index contributed by atoms with van der Waals surface area (Å²) in [5.41, 5.74) is -2.17. The summed E-state index contributed by atoms with van der Waals surface area (Å²) in [6.07, 6.45) is -4.99. The van der Waals surface area contributed by atoms with Gasteiger partial charge in [0.25, 0.3) is 0 Å². The summed E-state index contributed by atoms with van der Waals surface area (Å²) in [5.74, 6) is 0. The van der Waals surface area contributed by atoms with E-state index in [-0.39, 0.29) is 10.7 Å². The van der Waals surface area contributed by atoms with Gasteiger partial charge in [0.1, 0.15) is 0 Å². The van der Waals surface area contributed by atoms with Crippen molar-refractivity contribution in [1.29, 1.82) is 0 Å². The number of halogens is 5. The SMILES string of the molecule is Cc1ccc(-n2nc(C(F)(F)F)c([N+](=O)[O-])c2Cl)cc1Cl. The van der Waals surface area contributed by atoms with E-state index in [0.717, 1.165) is 0 Å². The number of rotatable bonds is 2. The highest BCUT2D eigenvalue weighted by atomic mass is 35.5. The van der Waals surface area contributed by atoms with Crippen molar-refractivity contribution in [3.63, 3.8) is 0 Å². The summed E-state index contributed by atoms with van der Waals surface area (Å²) >= 11 is 11.5. The Bertz CT molecular complexity index is 728. The van der Waals surface area contributed by atoms with Crippen LogP contribution in [-0.2, 0) is 6.18 Å². The summed E-state index contributed by atoms with van der Waals surface area (Å²) in [6.45, 7) is 1.69. The molecule has 0 aliphatic rings. The lowest BCUT2D eigenvalue weighted by Gasteiger charge is -2.04. The van der Waals surface area contributed by atoms with Crippen LogP contribution in [0.2, 0.25) is 10.2 Å². The van der Waals surface area contributed by atoms with Gasteiger partial charge in [-0.2, -0.15) is 18.3 Å². The predicted molar refractivity (Wildman–Crippen MR) is 70.0 cm³/mol. The molecule has 0 spiro atoms. The van der Waals surface area contributed by atoms with Crippen LogP contribution < -0.4 is 0 Å². The summed E-state index contributed by atoms with van der Waals surface area (Å²) in [7, 11) is 0. The average molecular weight is 340 g/mol. The Morgan fingerprint density at radius 3 is 2.38 bits per heavy atom. The van der Waals surface area contributed by atoms with E-state index >= 15 is 0 Å². The molecular weight excluding hydrogens is 334 g/mol. The lowest BCUT2D eigenvalue weighted by atomic mass is 10.2. The molecule has 0 fully saturated rings. The molecule has 0 saturated carbocycles. The Labute approximate surface area is 126 Å². The molecule has 0 unspecified atom stereocenters. The van der Waals surface area contributed by atoms with Gasteiger partial charge in [-0.25, -0.2) is 4.68 Å². The van der Waals surface area contributed by atoms with Crippen LogP contribution >= 0.6 is 23.2 Å². The van der Waals surface area contributed by atoms with Crippen molar-refractivity contribution in [3.8, 4) is 5.69 Å². The highest BCUT2D eigenvalue weighted by molar-refractivity contribution is 6.32. The fraction of sp³-hybridized carbons (Fsp3) is 0.182. The van der Waals surface area contributed by atoms with E-state index in [0.29, 0.717) is 10.2 Å². The first kappa shape index (κ1) is 15.6. The van der Waals surface area contributed by atoms with Crippen LogP contribution in [0.1, 0.15) is 11.3 Å². The molecule has 0 amide bonds. The van der Waals surface area contributed by atoms with Gasteiger partial charge in [0.2, 0.25) is 10.8 Å². The van der Waals surface area contributed by atoms with Crippen molar-refractivity contribution in [2.45, 2.75) is 13.1 Å². The molecule has 10 heteroatoms. The third-order valence-electron chi connectivity index (χ3n) is 2.66. The Kier molecular flexibility index (Phi) is 3.85. The standard InChI is InChI=1S/C11H6Cl2F3N3O2/c1-5-2-3-6(4-7(5)12)18-10(13)8(19(20)21)9(17-18)11(14,15)16/h2-4H,1H3. The molecule has 2 aromatic rings. The van der Waals surface area contributed by atoms with E-state index in [2.05, 4.69) is 5.10 Å². The van der Waals surface area contributed by atoms with Gasteiger partial charge in [0.05, 0.1) is 10.6 Å². The normalized spacial score (nSPS) is 11.7. The molecule has 0 aliphatic heterocycles. The Balaban J connectivity index is 2.71. The summed E-state index contributed by atoms with van der Waals surface area (Å²) in [6, 6.07) is 4.26. The van der Waals surface area contributed by atoms with Crippen LogP contribution in [-0.4, -0.2) is 14.7 Å². The zero-order valence-corrected chi connectivity index (χ0v) is 11.8. The van der Waals surface area contributed by atoms with E-state index in [1.54, 1.807) is 6.92 Å². The average Bonchev–Trinajstić information content (AvgIpc) is 2.70. The highest BCUT2D eigenvalue weighted by Gasteiger charge is 2.45. The second-order valence-corrected chi connectivity index (χ2v) is 4.85. The van der Waals surface area contributed by atoms with E-state index in [9.17, 15) is 23.3 Å². The number of aryl methyl sites for hydroxylation is 1. The molecule has 1 heterocycles. The largest absolute Gasteiger partial charge is 0.442 e. The van der Waals surface area contributed by atoms with E-state index in [4.69, 9.17) is 23.2 Å². The Morgan fingerprint density at radius 2 is 1.95 bits per heavy atom. The molecule has 5 nitrogen and oxygen atoms in total. The van der Waals surface area contributed by atoms with Crippen molar-refractivity contribution in [2.24, 2.45) is 0 Å². The monoisotopic (exact) mass is 339 g/mol. The molecule has 0 atom stereocenters. The zero-order chi connectivity index (χ0) is 15.9. The molecule has 0 N–H and O–H groups in total. The van der Waals surface area contributed by atoms with Gasteiger partial charge in [-0.15, -0.1) is 0 Å². The van der Waals surface area contributed by atoms with Crippen molar-refractivity contribution in [2.75, 3.05) is 0 Å². The van der Waals surface area contributed by atoms with Crippen molar-refractivity contribution >= 4 is 28.9 Å². The maximum atomic E-state index is 12.8. The minimum absolute atomic E-state index is 0.0919. The second kappa shape index (κ2) is 5.19. The Hall–Kier alpha value is -1.80. The van der Waals surface area contributed by atoms with Gasteiger partial charge < -0.3 is 0 Å². The van der Waals surface area contributed by atoms with Crippen LogP contribution in [0.4, 0.5) is 18.9 Å². The minimum atomic E-state index is -4.99. The quantitative estimate of drug-likeness (QED) is 0.601. The molecule has 112 valence electrons. The van der Waals surface area contributed by atoms with Gasteiger partial charge in [-0.05, 0) is 24.6 Å². The molecule has 1 aromatic carbocycles. The molecular formula is C11H6Cl2F3N3O2. The number of hydrogen-bond acceptors (Lipinski definition) is 3. The zero-order valence-electron chi connectivity index (χ0n) is 10.3. The van der Waals surface area contributed by atoms with Crippen LogP contribution in [0.15, 0.2) is 18.2 Å². The molecule has 0 radical (unpaired) electrons. The first-order valence-electron chi connectivity index (χ1n) is 5.39. The van der Waals surface area contributed by atoms with Crippen molar-refractivity contribution in [1.82, 2.24) is 9.78 Å². The number of alkyl halides is 3. The molecule has 1 aromatic heterocycles. The van der Waals surface area contributed by atoms with E-state index in [1.165, 1.54) is 18.2 Å². The van der Waals surface area contributed by atoms with Gasteiger partial charge in [0.15, 0.2) is 0 Å². The topological polar surface area (TPSA) is 61.0 Å². The summed E-state index contributed by atoms with van der Waals surface area (Å²) in [4.78, 5) is 9.58. The number of hydrogen-bond donors (Lipinski definition) is 0. The lowest BCUT2D eigenvalue weighted by Crippen LogP contribution is -2.09.